The molecule has 0 fully saturated rings. The number of hydrogen-bond acceptors (Lipinski definition) is 4. The summed E-state index contributed by atoms with van der Waals surface area (Å²) in [5.74, 6) is 0.557. The van der Waals surface area contributed by atoms with E-state index >= 15 is 0 Å². The minimum absolute atomic E-state index is 0.165. The number of carbonyl (C=O) groups excluding carboxylic acids is 2. The Kier molecular flexibility index (Phi) is 5.54. The van der Waals surface area contributed by atoms with Gasteiger partial charge in [0.25, 0.3) is 0 Å². The Hall–Kier alpha value is -2.44. The summed E-state index contributed by atoms with van der Waals surface area (Å²) in [6.07, 6.45) is 0. The third-order valence-electron chi connectivity index (χ3n) is 3.72. The highest BCUT2D eigenvalue weighted by Crippen LogP contribution is 2.32. The van der Waals surface area contributed by atoms with Crippen LogP contribution in [0.3, 0.4) is 0 Å². The minimum atomic E-state index is -0.358. The van der Waals surface area contributed by atoms with Gasteiger partial charge in [0.1, 0.15) is 19.8 Å². The predicted octanol–water partition coefficient (Wildman–Crippen LogP) is 3.76. The number of halogens is 2. The van der Waals surface area contributed by atoms with Gasteiger partial charge < -0.3 is 19.7 Å². The Morgan fingerprint density at radius 1 is 1.04 bits per heavy atom. The highest BCUT2D eigenvalue weighted by molar-refractivity contribution is 6.42. The lowest BCUT2D eigenvalue weighted by molar-refractivity contribution is -0.120. The van der Waals surface area contributed by atoms with Crippen molar-refractivity contribution in [3.63, 3.8) is 0 Å². The maximum Gasteiger partial charge on any atom is 0.244 e. The molecule has 2 aromatic rings. The first-order valence-electron chi connectivity index (χ1n) is 7.86. The molecule has 1 N–H and O–H groups in total. The molecule has 8 heteroatoms. The maximum atomic E-state index is 12.4. The molecule has 6 nitrogen and oxygen atoms in total. The number of fused-ring (bicyclic) bond motifs is 1. The van der Waals surface area contributed by atoms with Gasteiger partial charge in [-0.1, -0.05) is 23.2 Å². The van der Waals surface area contributed by atoms with Gasteiger partial charge in [-0.2, -0.15) is 0 Å². The van der Waals surface area contributed by atoms with Crippen molar-refractivity contribution in [2.24, 2.45) is 0 Å². The summed E-state index contributed by atoms with van der Waals surface area (Å²) < 4.78 is 10.9. The van der Waals surface area contributed by atoms with Crippen LogP contribution in [0.25, 0.3) is 0 Å². The predicted molar refractivity (Wildman–Crippen MR) is 101 cm³/mol. The molecule has 3 rings (SSSR count). The van der Waals surface area contributed by atoms with E-state index < -0.39 is 0 Å². The molecular formula is C18H16Cl2N2O4. The van der Waals surface area contributed by atoms with E-state index in [4.69, 9.17) is 32.7 Å². The average molecular weight is 395 g/mol. The minimum Gasteiger partial charge on any atom is -0.486 e. The first-order valence-corrected chi connectivity index (χ1v) is 8.62. The van der Waals surface area contributed by atoms with Crippen LogP contribution in [-0.2, 0) is 9.59 Å². The van der Waals surface area contributed by atoms with Gasteiger partial charge in [-0.05, 0) is 30.3 Å². The number of carbonyl (C=O) groups is 2. The fourth-order valence-corrected chi connectivity index (χ4v) is 2.79. The van der Waals surface area contributed by atoms with Crippen molar-refractivity contribution in [2.45, 2.75) is 6.92 Å². The van der Waals surface area contributed by atoms with E-state index in [2.05, 4.69) is 5.32 Å². The lowest BCUT2D eigenvalue weighted by Crippen LogP contribution is -2.36. The number of nitrogens with one attached hydrogen (secondary N) is 1. The van der Waals surface area contributed by atoms with Crippen LogP contribution < -0.4 is 19.7 Å². The Labute approximate surface area is 160 Å². The number of ether oxygens (including phenoxy) is 2. The lowest BCUT2D eigenvalue weighted by Gasteiger charge is -2.22. The molecule has 0 aromatic heterocycles. The zero-order valence-corrected chi connectivity index (χ0v) is 15.4. The Morgan fingerprint density at radius 3 is 2.46 bits per heavy atom. The molecule has 26 heavy (non-hydrogen) atoms. The standard InChI is InChI=1S/C18H16Cl2N2O4/c1-11(23)22(13-3-4-14(19)15(20)9-13)10-18(24)21-12-2-5-16-17(8-12)26-7-6-25-16/h2-5,8-9H,6-7,10H2,1H3,(H,21,24). The molecule has 0 aliphatic carbocycles. The van der Waals surface area contributed by atoms with Crippen molar-refractivity contribution in [3.8, 4) is 11.5 Å². The van der Waals surface area contributed by atoms with Gasteiger partial charge in [0.05, 0.1) is 10.0 Å². The Balaban J connectivity index is 1.72. The fraction of sp³-hybridized carbons (Fsp3) is 0.222. The first-order chi connectivity index (χ1) is 12.4. The lowest BCUT2D eigenvalue weighted by atomic mass is 10.2. The van der Waals surface area contributed by atoms with Gasteiger partial charge in [-0.15, -0.1) is 0 Å². The number of amides is 2. The normalized spacial score (nSPS) is 12.4. The summed E-state index contributed by atoms with van der Waals surface area (Å²) in [5, 5.41) is 3.43. The highest BCUT2D eigenvalue weighted by atomic mass is 35.5. The van der Waals surface area contributed by atoms with E-state index in [9.17, 15) is 9.59 Å². The van der Waals surface area contributed by atoms with Crippen molar-refractivity contribution < 1.29 is 19.1 Å². The van der Waals surface area contributed by atoms with Crippen molar-refractivity contribution in [1.82, 2.24) is 0 Å². The molecule has 2 aromatic carbocycles. The van der Waals surface area contributed by atoms with E-state index in [1.807, 2.05) is 0 Å². The van der Waals surface area contributed by atoms with Crippen LogP contribution in [0.1, 0.15) is 6.92 Å². The molecule has 0 spiro atoms. The molecule has 1 heterocycles. The molecule has 1 aliphatic heterocycles. The highest BCUT2D eigenvalue weighted by Gasteiger charge is 2.18. The van der Waals surface area contributed by atoms with E-state index in [0.29, 0.717) is 46.1 Å². The molecule has 136 valence electrons. The molecule has 0 radical (unpaired) electrons. The number of nitrogens with zero attached hydrogens (tertiary/aromatic N) is 1. The second-order valence-electron chi connectivity index (χ2n) is 5.61. The second-order valence-corrected chi connectivity index (χ2v) is 6.42. The summed E-state index contributed by atoms with van der Waals surface area (Å²) in [4.78, 5) is 25.7. The first kappa shape index (κ1) is 18.4. The maximum absolute atomic E-state index is 12.4. The molecule has 0 atom stereocenters. The smallest absolute Gasteiger partial charge is 0.244 e. The SMILES string of the molecule is CC(=O)N(CC(=O)Nc1ccc2c(c1)OCCO2)c1ccc(Cl)c(Cl)c1. The molecule has 1 aliphatic rings. The van der Waals surface area contributed by atoms with E-state index in [1.54, 1.807) is 36.4 Å². The number of hydrogen-bond donors (Lipinski definition) is 1. The summed E-state index contributed by atoms with van der Waals surface area (Å²) in [6.45, 7) is 2.16. The molecule has 0 saturated carbocycles. The van der Waals surface area contributed by atoms with Crippen LogP contribution in [0.2, 0.25) is 10.0 Å². The van der Waals surface area contributed by atoms with Crippen LogP contribution in [0.4, 0.5) is 11.4 Å². The number of rotatable bonds is 4. The van der Waals surface area contributed by atoms with Crippen LogP contribution in [0.5, 0.6) is 11.5 Å². The largest absolute Gasteiger partial charge is 0.486 e. The van der Waals surface area contributed by atoms with Gasteiger partial charge in [0.15, 0.2) is 11.5 Å². The van der Waals surface area contributed by atoms with Crippen LogP contribution >= 0.6 is 23.2 Å². The van der Waals surface area contributed by atoms with Crippen LogP contribution in [0, 0.1) is 0 Å². The van der Waals surface area contributed by atoms with Crippen molar-refractivity contribution in [3.05, 3.63) is 46.4 Å². The van der Waals surface area contributed by atoms with Crippen molar-refractivity contribution >= 4 is 46.4 Å². The van der Waals surface area contributed by atoms with E-state index in [1.165, 1.54) is 11.8 Å². The number of benzene rings is 2. The summed E-state index contributed by atoms with van der Waals surface area (Å²) in [6, 6.07) is 9.88. The van der Waals surface area contributed by atoms with Crippen LogP contribution in [0.15, 0.2) is 36.4 Å². The zero-order chi connectivity index (χ0) is 18.7. The number of anilines is 2. The topological polar surface area (TPSA) is 67.9 Å². The molecule has 0 unspecified atom stereocenters. The summed E-state index contributed by atoms with van der Waals surface area (Å²) in [7, 11) is 0. The van der Waals surface area contributed by atoms with E-state index in [-0.39, 0.29) is 18.4 Å². The zero-order valence-electron chi connectivity index (χ0n) is 13.9. The summed E-state index contributed by atoms with van der Waals surface area (Å²) >= 11 is 11.9. The van der Waals surface area contributed by atoms with E-state index in [0.717, 1.165) is 0 Å². The van der Waals surface area contributed by atoms with Gasteiger partial charge in [-0.25, -0.2) is 0 Å². The average Bonchev–Trinajstić information content (AvgIpc) is 2.62. The second kappa shape index (κ2) is 7.85. The third kappa shape index (κ3) is 4.20. The van der Waals surface area contributed by atoms with Gasteiger partial charge in [0, 0.05) is 24.4 Å². The summed E-state index contributed by atoms with van der Waals surface area (Å²) in [5.41, 5.74) is 1.04. The molecule has 0 bridgehead atoms. The molecular weight excluding hydrogens is 379 g/mol. The Morgan fingerprint density at radius 2 is 1.77 bits per heavy atom. The van der Waals surface area contributed by atoms with Crippen molar-refractivity contribution in [2.75, 3.05) is 30.0 Å². The molecule has 2 amide bonds. The van der Waals surface area contributed by atoms with Gasteiger partial charge in [0.2, 0.25) is 11.8 Å². The molecule has 0 saturated heterocycles. The fourth-order valence-electron chi connectivity index (χ4n) is 2.50. The van der Waals surface area contributed by atoms with Gasteiger partial charge in [-0.3, -0.25) is 9.59 Å². The van der Waals surface area contributed by atoms with Gasteiger partial charge >= 0.3 is 0 Å². The Bertz CT molecular complexity index is 857. The monoisotopic (exact) mass is 394 g/mol. The van der Waals surface area contributed by atoms with Crippen molar-refractivity contribution in [1.29, 1.82) is 0 Å². The quantitative estimate of drug-likeness (QED) is 0.856. The van der Waals surface area contributed by atoms with Crippen LogP contribution in [-0.4, -0.2) is 31.6 Å². The third-order valence-corrected chi connectivity index (χ3v) is 4.46.